The number of carbonyl (C=O) groups excluding carboxylic acids is 1. The van der Waals surface area contributed by atoms with Gasteiger partial charge in [-0.25, -0.2) is 0 Å². The van der Waals surface area contributed by atoms with Crippen molar-refractivity contribution in [2.75, 3.05) is 19.6 Å². The van der Waals surface area contributed by atoms with Crippen LogP contribution in [0.1, 0.15) is 21.7 Å². The number of thiophene rings is 1. The number of hydrogen-bond donors (Lipinski definition) is 2. The molecule has 0 bridgehead atoms. The first-order valence-electron chi connectivity index (χ1n) is 5.59. The normalized spacial score (nSPS) is 15.5. The average Bonchev–Trinajstić information content (AvgIpc) is 2.68. The van der Waals surface area contributed by atoms with Gasteiger partial charge < -0.3 is 10.6 Å². The summed E-state index contributed by atoms with van der Waals surface area (Å²) in [5, 5.41) is 6.22. The fraction of sp³-hybridized carbons (Fsp3) is 0.417. The summed E-state index contributed by atoms with van der Waals surface area (Å²) in [5.41, 5.74) is 2.42. The highest BCUT2D eigenvalue weighted by Gasteiger charge is 2.11. The Labute approximate surface area is 113 Å². The molecule has 0 spiro atoms. The molecular formula is C12H15BrN2OS. The van der Waals surface area contributed by atoms with Crippen LogP contribution in [0.25, 0.3) is 0 Å². The zero-order valence-corrected chi connectivity index (χ0v) is 12.1. The maximum absolute atomic E-state index is 11.9. The molecule has 1 aliphatic heterocycles. The van der Waals surface area contributed by atoms with Crippen LogP contribution in [-0.2, 0) is 0 Å². The van der Waals surface area contributed by atoms with Gasteiger partial charge in [-0.2, -0.15) is 0 Å². The van der Waals surface area contributed by atoms with Crippen LogP contribution in [0.4, 0.5) is 0 Å². The molecule has 2 N–H and O–H groups in total. The number of halogens is 1. The Balaban J connectivity index is 1.91. The Morgan fingerprint density at radius 2 is 2.47 bits per heavy atom. The summed E-state index contributed by atoms with van der Waals surface area (Å²) in [6.45, 7) is 4.57. The zero-order valence-electron chi connectivity index (χ0n) is 9.68. The Kier molecular flexibility index (Phi) is 4.36. The molecule has 2 heterocycles. The van der Waals surface area contributed by atoms with Crippen molar-refractivity contribution in [2.24, 2.45) is 0 Å². The lowest BCUT2D eigenvalue weighted by Gasteiger charge is -2.14. The van der Waals surface area contributed by atoms with Crippen LogP contribution < -0.4 is 10.6 Å². The summed E-state index contributed by atoms with van der Waals surface area (Å²) < 4.78 is 1.03. The third-order valence-corrected chi connectivity index (χ3v) is 4.85. The number of carbonyl (C=O) groups is 1. The molecule has 1 aromatic rings. The molecule has 0 radical (unpaired) electrons. The Morgan fingerprint density at radius 1 is 1.65 bits per heavy atom. The molecule has 1 aliphatic rings. The fourth-order valence-corrected chi connectivity index (χ4v) is 3.13. The van der Waals surface area contributed by atoms with Gasteiger partial charge in [-0.15, -0.1) is 11.3 Å². The molecule has 0 atom stereocenters. The predicted octanol–water partition coefficient (Wildman–Crippen LogP) is 2.47. The van der Waals surface area contributed by atoms with E-state index in [-0.39, 0.29) is 5.91 Å². The number of amides is 1. The number of hydrogen-bond acceptors (Lipinski definition) is 3. The van der Waals surface area contributed by atoms with Crippen LogP contribution in [0.2, 0.25) is 0 Å². The van der Waals surface area contributed by atoms with Crippen molar-refractivity contribution < 1.29 is 4.79 Å². The minimum absolute atomic E-state index is 0.0169. The van der Waals surface area contributed by atoms with E-state index in [4.69, 9.17) is 0 Å². The number of nitrogens with one attached hydrogen (secondary N) is 2. The summed E-state index contributed by atoms with van der Waals surface area (Å²) >= 11 is 4.91. The highest BCUT2D eigenvalue weighted by atomic mass is 79.9. The summed E-state index contributed by atoms with van der Waals surface area (Å²) in [4.78, 5) is 12.7. The van der Waals surface area contributed by atoms with Gasteiger partial charge in [0.1, 0.15) is 0 Å². The van der Waals surface area contributed by atoms with Crippen LogP contribution in [0.15, 0.2) is 21.5 Å². The largest absolute Gasteiger partial charge is 0.348 e. The Morgan fingerprint density at radius 3 is 3.06 bits per heavy atom. The topological polar surface area (TPSA) is 41.1 Å². The van der Waals surface area contributed by atoms with Gasteiger partial charge >= 0.3 is 0 Å². The van der Waals surface area contributed by atoms with Gasteiger partial charge in [-0.1, -0.05) is 11.6 Å². The van der Waals surface area contributed by atoms with Crippen LogP contribution in [0.5, 0.6) is 0 Å². The quantitative estimate of drug-likeness (QED) is 0.842. The summed E-state index contributed by atoms with van der Waals surface area (Å²) in [6.07, 6.45) is 3.17. The van der Waals surface area contributed by atoms with Crippen molar-refractivity contribution in [3.05, 3.63) is 31.9 Å². The molecule has 0 saturated heterocycles. The van der Waals surface area contributed by atoms with E-state index in [1.807, 2.05) is 13.0 Å². The van der Waals surface area contributed by atoms with Crippen LogP contribution >= 0.6 is 27.3 Å². The predicted molar refractivity (Wildman–Crippen MR) is 74.7 cm³/mol. The highest BCUT2D eigenvalue weighted by Crippen LogP contribution is 2.27. The molecule has 0 aromatic carbocycles. The third-order valence-electron chi connectivity index (χ3n) is 2.71. The first-order valence-corrected chi connectivity index (χ1v) is 7.20. The fourth-order valence-electron chi connectivity index (χ4n) is 1.68. The second-order valence-corrected chi connectivity index (χ2v) is 6.44. The molecule has 1 amide bonds. The van der Waals surface area contributed by atoms with E-state index >= 15 is 0 Å². The van der Waals surface area contributed by atoms with Crippen molar-refractivity contribution in [1.82, 2.24) is 10.6 Å². The van der Waals surface area contributed by atoms with Crippen molar-refractivity contribution in [1.29, 1.82) is 0 Å². The zero-order chi connectivity index (χ0) is 12.3. The second kappa shape index (κ2) is 5.80. The first-order chi connectivity index (χ1) is 8.16. The molecule has 5 heteroatoms. The third kappa shape index (κ3) is 3.40. The molecule has 0 aliphatic carbocycles. The number of rotatable bonds is 3. The van der Waals surface area contributed by atoms with Crippen molar-refractivity contribution >= 4 is 33.2 Å². The van der Waals surface area contributed by atoms with E-state index in [2.05, 4.69) is 32.6 Å². The molecule has 0 fully saturated rings. The first kappa shape index (κ1) is 12.8. The van der Waals surface area contributed by atoms with E-state index in [0.29, 0.717) is 6.54 Å². The maximum Gasteiger partial charge on any atom is 0.261 e. The second-order valence-electron chi connectivity index (χ2n) is 4.07. The molecule has 3 nitrogen and oxygen atoms in total. The van der Waals surface area contributed by atoms with Gasteiger partial charge in [-0.05, 0) is 47.4 Å². The lowest BCUT2D eigenvalue weighted by atomic mass is 10.1. The van der Waals surface area contributed by atoms with E-state index in [1.165, 1.54) is 16.9 Å². The van der Waals surface area contributed by atoms with E-state index < -0.39 is 0 Å². The van der Waals surface area contributed by atoms with Gasteiger partial charge in [0.2, 0.25) is 0 Å². The minimum Gasteiger partial charge on any atom is -0.348 e. The van der Waals surface area contributed by atoms with Gasteiger partial charge in [0.05, 0.1) is 8.66 Å². The highest BCUT2D eigenvalue weighted by molar-refractivity contribution is 9.11. The van der Waals surface area contributed by atoms with Gasteiger partial charge in [0, 0.05) is 13.1 Å². The summed E-state index contributed by atoms with van der Waals surface area (Å²) in [7, 11) is 0. The van der Waals surface area contributed by atoms with E-state index in [0.717, 1.165) is 33.7 Å². The van der Waals surface area contributed by atoms with Gasteiger partial charge in [0.25, 0.3) is 5.91 Å². The standard InChI is InChI=1S/C12H15BrN2OS/c1-8-6-10(17-11(8)13)12(16)15-7-9-2-4-14-5-3-9/h2,6,14H,3-5,7H2,1H3,(H,15,16). The van der Waals surface area contributed by atoms with E-state index in [9.17, 15) is 4.79 Å². The van der Waals surface area contributed by atoms with Crippen LogP contribution in [0, 0.1) is 6.92 Å². The average molecular weight is 315 g/mol. The number of aryl methyl sites for hydroxylation is 1. The van der Waals surface area contributed by atoms with Crippen molar-refractivity contribution in [2.45, 2.75) is 13.3 Å². The Hall–Kier alpha value is -0.650. The van der Waals surface area contributed by atoms with Gasteiger partial charge in [0.15, 0.2) is 0 Å². The Bertz CT molecular complexity index is 434. The minimum atomic E-state index is 0.0169. The molecule has 2 rings (SSSR count). The summed E-state index contributed by atoms with van der Waals surface area (Å²) in [5.74, 6) is 0.0169. The lowest BCUT2D eigenvalue weighted by molar-refractivity contribution is 0.0960. The van der Waals surface area contributed by atoms with Crippen LogP contribution in [0.3, 0.4) is 0 Å². The molecule has 92 valence electrons. The van der Waals surface area contributed by atoms with Crippen LogP contribution in [-0.4, -0.2) is 25.5 Å². The summed E-state index contributed by atoms with van der Waals surface area (Å²) in [6, 6.07) is 1.92. The van der Waals surface area contributed by atoms with Crippen molar-refractivity contribution in [3.63, 3.8) is 0 Å². The molecular weight excluding hydrogens is 300 g/mol. The lowest BCUT2D eigenvalue weighted by Crippen LogP contribution is -2.29. The molecule has 1 aromatic heterocycles. The van der Waals surface area contributed by atoms with Gasteiger partial charge in [-0.3, -0.25) is 4.79 Å². The monoisotopic (exact) mass is 314 g/mol. The van der Waals surface area contributed by atoms with Crippen molar-refractivity contribution in [3.8, 4) is 0 Å². The molecule has 17 heavy (non-hydrogen) atoms. The SMILES string of the molecule is Cc1cc(C(=O)NCC2=CCNCC2)sc1Br. The smallest absolute Gasteiger partial charge is 0.261 e. The maximum atomic E-state index is 11.9. The molecule has 0 saturated carbocycles. The molecule has 0 unspecified atom stereocenters. The van der Waals surface area contributed by atoms with E-state index in [1.54, 1.807) is 0 Å².